The van der Waals surface area contributed by atoms with E-state index in [2.05, 4.69) is 41.4 Å². The third-order valence-electron chi connectivity index (χ3n) is 2.77. The fourth-order valence-electron chi connectivity index (χ4n) is 2.08. The maximum Gasteiger partial charge on any atom is 0.0664 e. The lowest BCUT2D eigenvalue weighted by molar-refractivity contribution is 1.04. The first kappa shape index (κ1) is 7.74. The van der Waals surface area contributed by atoms with Crippen LogP contribution in [0.4, 0.5) is 5.69 Å². The molecular weight excluding hydrogens is 170 g/mol. The molecule has 0 spiro atoms. The van der Waals surface area contributed by atoms with E-state index in [1.807, 2.05) is 6.21 Å². The standard InChI is InChI=1S/C13H11N/c1-2-5-11-10(4-1)7-8-13-12(11)6-3-9-14-13/h1-2,4-5,7-9H,3,6H2. The van der Waals surface area contributed by atoms with Crippen LogP contribution in [0.1, 0.15) is 12.0 Å². The smallest absolute Gasteiger partial charge is 0.0664 e. The summed E-state index contributed by atoms with van der Waals surface area (Å²) in [6.07, 6.45) is 4.21. The van der Waals surface area contributed by atoms with Crippen molar-refractivity contribution in [2.24, 2.45) is 4.99 Å². The van der Waals surface area contributed by atoms with E-state index < -0.39 is 0 Å². The first-order valence-electron chi connectivity index (χ1n) is 4.98. The molecule has 1 heterocycles. The molecule has 0 bridgehead atoms. The molecule has 0 aromatic heterocycles. The van der Waals surface area contributed by atoms with E-state index >= 15 is 0 Å². The minimum atomic E-state index is 1.07. The van der Waals surface area contributed by atoms with Gasteiger partial charge in [-0.05, 0) is 35.2 Å². The molecule has 3 rings (SSSR count). The summed E-state index contributed by atoms with van der Waals surface area (Å²) < 4.78 is 0. The van der Waals surface area contributed by atoms with Gasteiger partial charge in [-0.25, -0.2) is 0 Å². The van der Waals surface area contributed by atoms with Crippen molar-refractivity contribution in [2.75, 3.05) is 0 Å². The summed E-state index contributed by atoms with van der Waals surface area (Å²) in [7, 11) is 0. The summed E-state index contributed by atoms with van der Waals surface area (Å²) in [4.78, 5) is 4.42. The summed E-state index contributed by atoms with van der Waals surface area (Å²) in [6, 6.07) is 12.8. The third kappa shape index (κ3) is 1.06. The van der Waals surface area contributed by atoms with Gasteiger partial charge in [-0.1, -0.05) is 30.3 Å². The highest BCUT2D eigenvalue weighted by molar-refractivity contribution is 5.91. The molecule has 0 atom stereocenters. The number of nitrogens with zero attached hydrogens (tertiary/aromatic N) is 1. The first-order chi connectivity index (χ1) is 6.95. The maximum atomic E-state index is 4.42. The van der Waals surface area contributed by atoms with Crippen LogP contribution in [0.15, 0.2) is 41.4 Å². The summed E-state index contributed by atoms with van der Waals surface area (Å²) >= 11 is 0. The Morgan fingerprint density at radius 2 is 1.93 bits per heavy atom. The zero-order valence-electron chi connectivity index (χ0n) is 7.90. The van der Waals surface area contributed by atoms with Crippen molar-refractivity contribution in [1.82, 2.24) is 0 Å². The van der Waals surface area contributed by atoms with Crippen LogP contribution in [0.5, 0.6) is 0 Å². The van der Waals surface area contributed by atoms with Gasteiger partial charge in [-0.15, -0.1) is 0 Å². The van der Waals surface area contributed by atoms with E-state index in [1.54, 1.807) is 0 Å². The Labute approximate surface area is 83.1 Å². The van der Waals surface area contributed by atoms with Gasteiger partial charge >= 0.3 is 0 Å². The van der Waals surface area contributed by atoms with Crippen molar-refractivity contribution >= 4 is 22.7 Å². The SMILES string of the molecule is C1=Nc2ccc3ccccc3c2CC1. The monoisotopic (exact) mass is 181 g/mol. The summed E-state index contributed by atoms with van der Waals surface area (Å²) in [5.74, 6) is 0. The second kappa shape index (κ2) is 2.95. The van der Waals surface area contributed by atoms with Crippen molar-refractivity contribution in [1.29, 1.82) is 0 Å². The quantitative estimate of drug-likeness (QED) is 0.590. The van der Waals surface area contributed by atoms with Crippen LogP contribution in [-0.2, 0) is 6.42 Å². The van der Waals surface area contributed by atoms with Crippen LogP contribution in [0.25, 0.3) is 10.8 Å². The van der Waals surface area contributed by atoms with Crippen LogP contribution in [0.2, 0.25) is 0 Å². The van der Waals surface area contributed by atoms with Crippen LogP contribution in [0.3, 0.4) is 0 Å². The molecule has 1 aliphatic rings. The highest BCUT2D eigenvalue weighted by Gasteiger charge is 2.08. The lowest BCUT2D eigenvalue weighted by atomic mass is 9.98. The molecule has 1 heteroatoms. The molecule has 0 unspecified atom stereocenters. The van der Waals surface area contributed by atoms with Gasteiger partial charge in [0.05, 0.1) is 5.69 Å². The minimum Gasteiger partial charge on any atom is -0.261 e. The second-order valence-corrected chi connectivity index (χ2v) is 3.63. The Hall–Kier alpha value is -1.63. The van der Waals surface area contributed by atoms with Crippen molar-refractivity contribution in [3.63, 3.8) is 0 Å². The molecule has 1 nitrogen and oxygen atoms in total. The number of fused-ring (bicyclic) bond motifs is 3. The number of aryl methyl sites for hydroxylation is 1. The van der Waals surface area contributed by atoms with E-state index in [9.17, 15) is 0 Å². The number of hydrogen-bond donors (Lipinski definition) is 0. The molecule has 2 aromatic carbocycles. The molecule has 0 fully saturated rings. The molecule has 2 aromatic rings. The van der Waals surface area contributed by atoms with Crippen molar-refractivity contribution in [3.8, 4) is 0 Å². The average molecular weight is 181 g/mol. The molecule has 0 saturated heterocycles. The summed E-state index contributed by atoms with van der Waals surface area (Å²) in [5.41, 5.74) is 2.56. The fraction of sp³-hybridized carbons (Fsp3) is 0.154. The van der Waals surface area contributed by atoms with Gasteiger partial charge in [0.25, 0.3) is 0 Å². The number of aliphatic imine (C=N–C) groups is 1. The van der Waals surface area contributed by atoms with Gasteiger partial charge < -0.3 is 0 Å². The Morgan fingerprint density at radius 1 is 1.00 bits per heavy atom. The molecule has 0 aliphatic carbocycles. The minimum absolute atomic E-state index is 1.07. The number of hydrogen-bond acceptors (Lipinski definition) is 1. The fourth-order valence-corrected chi connectivity index (χ4v) is 2.08. The molecule has 68 valence electrons. The van der Waals surface area contributed by atoms with Crippen molar-refractivity contribution < 1.29 is 0 Å². The van der Waals surface area contributed by atoms with E-state index in [4.69, 9.17) is 0 Å². The lowest BCUT2D eigenvalue weighted by Gasteiger charge is -2.12. The predicted molar refractivity (Wildman–Crippen MR) is 60.4 cm³/mol. The van der Waals surface area contributed by atoms with Crippen LogP contribution < -0.4 is 0 Å². The second-order valence-electron chi connectivity index (χ2n) is 3.63. The van der Waals surface area contributed by atoms with Crippen molar-refractivity contribution in [2.45, 2.75) is 12.8 Å². The van der Waals surface area contributed by atoms with E-state index in [-0.39, 0.29) is 0 Å². The van der Waals surface area contributed by atoms with Crippen LogP contribution in [-0.4, -0.2) is 6.21 Å². The zero-order chi connectivity index (χ0) is 9.38. The van der Waals surface area contributed by atoms with Crippen LogP contribution in [0, 0.1) is 0 Å². The zero-order valence-corrected chi connectivity index (χ0v) is 7.90. The molecule has 0 N–H and O–H groups in total. The van der Waals surface area contributed by atoms with Gasteiger partial charge in [-0.3, -0.25) is 4.99 Å². The van der Waals surface area contributed by atoms with Gasteiger partial charge in [-0.2, -0.15) is 0 Å². The molecular formula is C13H11N. The molecule has 0 saturated carbocycles. The third-order valence-corrected chi connectivity index (χ3v) is 2.77. The normalized spacial score (nSPS) is 14.3. The Kier molecular flexibility index (Phi) is 1.63. The molecule has 0 radical (unpaired) electrons. The maximum absolute atomic E-state index is 4.42. The van der Waals surface area contributed by atoms with Gasteiger partial charge in [0.1, 0.15) is 0 Å². The Balaban J connectivity index is 2.41. The number of rotatable bonds is 0. The largest absolute Gasteiger partial charge is 0.261 e. The summed E-state index contributed by atoms with van der Waals surface area (Å²) in [5, 5.41) is 2.69. The van der Waals surface area contributed by atoms with Gasteiger partial charge in [0.15, 0.2) is 0 Å². The van der Waals surface area contributed by atoms with E-state index in [0.29, 0.717) is 0 Å². The predicted octanol–water partition coefficient (Wildman–Crippen LogP) is 3.49. The van der Waals surface area contributed by atoms with E-state index in [0.717, 1.165) is 18.5 Å². The molecule has 1 aliphatic heterocycles. The van der Waals surface area contributed by atoms with Crippen molar-refractivity contribution in [3.05, 3.63) is 42.0 Å². The highest BCUT2D eigenvalue weighted by Crippen LogP contribution is 2.31. The van der Waals surface area contributed by atoms with Crippen LogP contribution >= 0.6 is 0 Å². The van der Waals surface area contributed by atoms with E-state index in [1.165, 1.54) is 16.3 Å². The lowest BCUT2D eigenvalue weighted by Crippen LogP contribution is -1.94. The highest BCUT2D eigenvalue weighted by atomic mass is 14.7. The Bertz CT molecular complexity index is 512. The average Bonchev–Trinajstić information content (AvgIpc) is 2.29. The number of benzene rings is 2. The molecule has 14 heavy (non-hydrogen) atoms. The van der Waals surface area contributed by atoms with Gasteiger partial charge in [0, 0.05) is 6.21 Å². The molecule has 0 amide bonds. The Morgan fingerprint density at radius 3 is 2.93 bits per heavy atom. The summed E-state index contributed by atoms with van der Waals surface area (Å²) in [6.45, 7) is 0. The first-order valence-corrected chi connectivity index (χ1v) is 4.98. The topological polar surface area (TPSA) is 12.4 Å². The van der Waals surface area contributed by atoms with Gasteiger partial charge in [0.2, 0.25) is 0 Å².